The van der Waals surface area contributed by atoms with Crippen LogP contribution < -0.4 is 5.32 Å². The third-order valence-electron chi connectivity index (χ3n) is 3.30. The van der Waals surface area contributed by atoms with Gasteiger partial charge in [-0.05, 0) is 12.8 Å². The number of aryl methyl sites for hydroxylation is 1. The van der Waals surface area contributed by atoms with E-state index in [2.05, 4.69) is 15.5 Å². The van der Waals surface area contributed by atoms with E-state index in [4.69, 9.17) is 4.42 Å². The molecule has 16 heavy (non-hydrogen) atoms. The molecule has 0 saturated heterocycles. The fraction of sp³-hybridized carbons (Fsp3) is 0.818. The van der Waals surface area contributed by atoms with Gasteiger partial charge < -0.3 is 14.8 Å². The topological polar surface area (TPSA) is 71.2 Å². The Kier molecular flexibility index (Phi) is 3.56. The number of aromatic nitrogens is 2. The molecule has 0 amide bonds. The molecule has 1 aliphatic carbocycles. The van der Waals surface area contributed by atoms with Gasteiger partial charge in [0.1, 0.15) is 0 Å². The Morgan fingerprint density at radius 2 is 2.06 bits per heavy atom. The summed E-state index contributed by atoms with van der Waals surface area (Å²) in [5, 5.41) is 20.6. The van der Waals surface area contributed by atoms with Crippen LogP contribution in [0.1, 0.15) is 43.9 Å². The zero-order chi connectivity index (χ0) is 11.4. The third-order valence-corrected chi connectivity index (χ3v) is 3.30. The molecule has 0 radical (unpaired) electrons. The lowest BCUT2D eigenvalue weighted by Crippen LogP contribution is -2.49. The Balaban J connectivity index is 1.91. The molecule has 0 unspecified atom stereocenters. The van der Waals surface area contributed by atoms with Gasteiger partial charge in [-0.3, -0.25) is 0 Å². The van der Waals surface area contributed by atoms with Crippen molar-refractivity contribution >= 4 is 0 Å². The standard InChI is InChI=1S/C11H19N3O2/c1-9-13-14-10(16-9)7-12-11(8-15)5-3-2-4-6-11/h12,15H,2-8H2,1H3. The molecule has 0 aliphatic heterocycles. The Morgan fingerprint density at radius 1 is 1.31 bits per heavy atom. The Bertz CT molecular complexity index is 332. The summed E-state index contributed by atoms with van der Waals surface area (Å²) in [6, 6.07) is 0. The SMILES string of the molecule is Cc1nnc(CNC2(CO)CCCCC2)o1. The van der Waals surface area contributed by atoms with Crippen LogP contribution in [0.25, 0.3) is 0 Å². The zero-order valence-corrected chi connectivity index (χ0v) is 9.70. The maximum atomic E-state index is 9.50. The summed E-state index contributed by atoms with van der Waals surface area (Å²) in [7, 11) is 0. The van der Waals surface area contributed by atoms with Crippen LogP contribution in [0.4, 0.5) is 0 Å². The summed E-state index contributed by atoms with van der Waals surface area (Å²) in [6.45, 7) is 2.50. The van der Waals surface area contributed by atoms with Crippen LogP contribution in [0.15, 0.2) is 4.42 Å². The van der Waals surface area contributed by atoms with Crippen LogP contribution in [0.5, 0.6) is 0 Å². The highest BCUT2D eigenvalue weighted by Gasteiger charge is 2.30. The van der Waals surface area contributed by atoms with Gasteiger partial charge in [0.05, 0.1) is 13.2 Å². The minimum Gasteiger partial charge on any atom is -0.424 e. The van der Waals surface area contributed by atoms with E-state index in [1.807, 2.05) is 0 Å². The van der Waals surface area contributed by atoms with Gasteiger partial charge in [-0.15, -0.1) is 10.2 Å². The first-order valence-electron chi connectivity index (χ1n) is 5.89. The lowest BCUT2D eigenvalue weighted by molar-refractivity contribution is 0.116. The molecule has 1 saturated carbocycles. The highest BCUT2D eigenvalue weighted by Crippen LogP contribution is 2.27. The van der Waals surface area contributed by atoms with E-state index in [9.17, 15) is 5.11 Å². The number of aliphatic hydroxyl groups excluding tert-OH is 1. The van der Waals surface area contributed by atoms with E-state index in [0.29, 0.717) is 18.3 Å². The van der Waals surface area contributed by atoms with Crippen LogP contribution in [-0.2, 0) is 6.54 Å². The molecule has 0 bridgehead atoms. The van der Waals surface area contributed by atoms with Crippen LogP contribution in [-0.4, -0.2) is 27.4 Å². The van der Waals surface area contributed by atoms with E-state index in [1.54, 1.807) is 6.92 Å². The first-order valence-corrected chi connectivity index (χ1v) is 5.89. The predicted octanol–water partition coefficient (Wildman–Crippen LogP) is 1.16. The molecule has 0 atom stereocenters. The normalized spacial score (nSPS) is 19.9. The van der Waals surface area contributed by atoms with Crippen molar-refractivity contribution in [3.63, 3.8) is 0 Å². The van der Waals surface area contributed by atoms with E-state index in [0.717, 1.165) is 12.8 Å². The lowest BCUT2D eigenvalue weighted by Gasteiger charge is -2.36. The van der Waals surface area contributed by atoms with Crippen molar-refractivity contribution in [2.45, 2.75) is 51.1 Å². The highest BCUT2D eigenvalue weighted by molar-refractivity contribution is 4.92. The van der Waals surface area contributed by atoms with Crippen molar-refractivity contribution in [2.75, 3.05) is 6.61 Å². The molecule has 1 fully saturated rings. The van der Waals surface area contributed by atoms with Crippen LogP contribution in [0, 0.1) is 6.92 Å². The van der Waals surface area contributed by atoms with Crippen LogP contribution in [0.2, 0.25) is 0 Å². The second-order valence-electron chi connectivity index (χ2n) is 4.57. The van der Waals surface area contributed by atoms with Gasteiger partial charge in [-0.2, -0.15) is 0 Å². The minimum absolute atomic E-state index is 0.138. The Morgan fingerprint density at radius 3 is 2.62 bits per heavy atom. The number of nitrogens with one attached hydrogen (secondary N) is 1. The van der Waals surface area contributed by atoms with Gasteiger partial charge >= 0.3 is 0 Å². The van der Waals surface area contributed by atoms with Crippen molar-refractivity contribution in [3.8, 4) is 0 Å². The molecular weight excluding hydrogens is 206 g/mol. The molecule has 1 aromatic rings. The predicted molar refractivity (Wildman–Crippen MR) is 58.8 cm³/mol. The van der Waals surface area contributed by atoms with Crippen molar-refractivity contribution in [2.24, 2.45) is 0 Å². The molecule has 5 heteroatoms. The maximum absolute atomic E-state index is 9.50. The first kappa shape index (κ1) is 11.5. The van der Waals surface area contributed by atoms with Gasteiger partial charge in [-0.1, -0.05) is 19.3 Å². The number of rotatable bonds is 4. The highest BCUT2D eigenvalue weighted by atomic mass is 16.4. The summed E-state index contributed by atoms with van der Waals surface area (Å²) in [5.74, 6) is 1.18. The fourth-order valence-corrected chi connectivity index (χ4v) is 2.29. The lowest BCUT2D eigenvalue weighted by atomic mass is 9.82. The second-order valence-corrected chi connectivity index (χ2v) is 4.57. The Labute approximate surface area is 95.3 Å². The third kappa shape index (κ3) is 2.59. The quantitative estimate of drug-likeness (QED) is 0.804. The van der Waals surface area contributed by atoms with Gasteiger partial charge in [0.2, 0.25) is 11.8 Å². The largest absolute Gasteiger partial charge is 0.424 e. The molecular formula is C11H19N3O2. The van der Waals surface area contributed by atoms with Gasteiger partial charge in [0, 0.05) is 12.5 Å². The van der Waals surface area contributed by atoms with Gasteiger partial charge in [0.25, 0.3) is 0 Å². The number of aliphatic hydroxyl groups is 1. The molecule has 0 spiro atoms. The molecule has 90 valence electrons. The summed E-state index contributed by atoms with van der Waals surface area (Å²) in [4.78, 5) is 0. The first-order chi connectivity index (χ1) is 7.74. The van der Waals surface area contributed by atoms with Gasteiger partial charge in [0.15, 0.2) is 0 Å². The molecule has 1 aliphatic rings. The smallest absolute Gasteiger partial charge is 0.230 e. The summed E-state index contributed by atoms with van der Waals surface area (Å²) in [5.41, 5.74) is -0.138. The average Bonchev–Trinajstić information content (AvgIpc) is 2.74. The van der Waals surface area contributed by atoms with E-state index in [1.165, 1.54) is 19.3 Å². The van der Waals surface area contributed by atoms with E-state index < -0.39 is 0 Å². The fourth-order valence-electron chi connectivity index (χ4n) is 2.29. The van der Waals surface area contributed by atoms with Crippen molar-refractivity contribution in [1.29, 1.82) is 0 Å². The van der Waals surface area contributed by atoms with Gasteiger partial charge in [-0.25, -0.2) is 0 Å². The summed E-state index contributed by atoms with van der Waals surface area (Å²) in [6.07, 6.45) is 5.67. The molecule has 1 aromatic heterocycles. The maximum Gasteiger partial charge on any atom is 0.230 e. The van der Waals surface area contributed by atoms with Crippen LogP contribution in [0.3, 0.4) is 0 Å². The van der Waals surface area contributed by atoms with Crippen molar-refractivity contribution in [3.05, 3.63) is 11.8 Å². The molecule has 1 heterocycles. The second kappa shape index (κ2) is 4.93. The Hall–Kier alpha value is -0.940. The summed E-state index contributed by atoms with van der Waals surface area (Å²) < 4.78 is 5.30. The monoisotopic (exact) mass is 225 g/mol. The summed E-state index contributed by atoms with van der Waals surface area (Å²) >= 11 is 0. The van der Waals surface area contributed by atoms with Crippen molar-refractivity contribution in [1.82, 2.24) is 15.5 Å². The van der Waals surface area contributed by atoms with Crippen molar-refractivity contribution < 1.29 is 9.52 Å². The van der Waals surface area contributed by atoms with E-state index >= 15 is 0 Å². The number of nitrogens with zero attached hydrogens (tertiary/aromatic N) is 2. The molecule has 2 rings (SSSR count). The zero-order valence-electron chi connectivity index (χ0n) is 9.70. The molecule has 5 nitrogen and oxygen atoms in total. The van der Waals surface area contributed by atoms with E-state index in [-0.39, 0.29) is 12.1 Å². The number of hydrogen-bond acceptors (Lipinski definition) is 5. The molecule has 2 N–H and O–H groups in total. The minimum atomic E-state index is -0.138. The van der Waals surface area contributed by atoms with Crippen LogP contribution >= 0.6 is 0 Å². The number of hydrogen-bond donors (Lipinski definition) is 2. The average molecular weight is 225 g/mol. The molecule has 0 aromatic carbocycles.